The lowest BCUT2D eigenvalue weighted by atomic mass is 9.85. The van der Waals surface area contributed by atoms with Gasteiger partial charge in [0.05, 0.1) is 0 Å². The number of nitrogens with zero attached hydrogens (tertiary/aromatic N) is 2. The van der Waals surface area contributed by atoms with Gasteiger partial charge in [-0.15, -0.1) is 0 Å². The molecule has 0 amide bonds. The Balaban J connectivity index is 1.92. The summed E-state index contributed by atoms with van der Waals surface area (Å²) in [5.41, 5.74) is 2.30. The molecule has 0 spiro atoms. The standard InChI is InChI=1S/C20H26N2O2/c1-3-4-11-22-12-9-15(10-13-22)18-14(2)21-19(20(23)24)17-8-6-5-7-16(17)18/h5-8,15H,3-4,9-13H2,1-2H3,(H,23,24). The van der Waals surface area contributed by atoms with Gasteiger partial charge in [-0.25, -0.2) is 9.78 Å². The molecule has 4 heteroatoms. The fourth-order valence-electron chi connectivity index (χ4n) is 3.91. The van der Waals surface area contributed by atoms with Gasteiger partial charge in [0.25, 0.3) is 0 Å². The Hall–Kier alpha value is -1.94. The number of aromatic nitrogens is 1. The minimum absolute atomic E-state index is 0.173. The highest BCUT2D eigenvalue weighted by Crippen LogP contribution is 2.35. The molecule has 1 fully saturated rings. The first kappa shape index (κ1) is 16.9. The van der Waals surface area contributed by atoms with Gasteiger partial charge in [-0.2, -0.15) is 0 Å². The highest BCUT2D eigenvalue weighted by atomic mass is 16.4. The molecule has 1 saturated heterocycles. The number of aryl methyl sites for hydroxylation is 1. The predicted molar refractivity (Wildman–Crippen MR) is 96.8 cm³/mol. The Morgan fingerprint density at radius 3 is 2.54 bits per heavy atom. The minimum atomic E-state index is -0.949. The molecule has 0 atom stereocenters. The average molecular weight is 326 g/mol. The van der Waals surface area contributed by atoms with Gasteiger partial charge in [-0.05, 0) is 62.7 Å². The summed E-state index contributed by atoms with van der Waals surface area (Å²) in [7, 11) is 0. The van der Waals surface area contributed by atoms with Crippen LogP contribution >= 0.6 is 0 Å². The van der Waals surface area contributed by atoms with Crippen molar-refractivity contribution in [1.82, 2.24) is 9.88 Å². The van der Waals surface area contributed by atoms with Crippen molar-refractivity contribution in [2.24, 2.45) is 0 Å². The van der Waals surface area contributed by atoms with Crippen molar-refractivity contribution in [3.8, 4) is 0 Å². The zero-order valence-electron chi connectivity index (χ0n) is 14.6. The summed E-state index contributed by atoms with van der Waals surface area (Å²) in [5.74, 6) is -0.474. The number of aromatic carboxylic acids is 1. The van der Waals surface area contributed by atoms with Crippen LogP contribution in [-0.4, -0.2) is 40.6 Å². The highest BCUT2D eigenvalue weighted by molar-refractivity contribution is 6.03. The average Bonchev–Trinajstić information content (AvgIpc) is 2.60. The lowest BCUT2D eigenvalue weighted by molar-refractivity contribution is 0.0692. The van der Waals surface area contributed by atoms with Crippen molar-refractivity contribution >= 4 is 16.7 Å². The zero-order chi connectivity index (χ0) is 17.1. The summed E-state index contributed by atoms with van der Waals surface area (Å²) in [5, 5.41) is 11.3. The summed E-state index contributed by atoms with van der Waals surface area (Å²) < 4.78 is 0. The predicted octanol–water partition coefficient (Wildman–Crippen LogP) is 4.22. The Kier molecular flexibility index (Phi) is 5.14. The zero-order valence-corrected chi connectivity index (χ0v) is 14.6. The van der Waals surface area contributed by atoms with Crippen LogP contribution in [-0.2, 0) is 0 Å². The molecule has 1 aliphatic heterocycles. The van der Waals surface area contributed by atoms with Crippen LogP contribution in [0.15, 0.2) is 24.3 Å². The Bertz CT molecular complexity index is 734. The number of hydrogen-bond acceptors (Lipinski definition) is 3. The van der Waals surface area contributed by atoms with Crippen LogP contribution in [0.4, 0.5) is 0 Å². The second-order valence-corrected chi connectivity index (χ2v) is 6.78. The second-order valence-electron chi connectivity index (χ2n) is 6.78. The SMILES string of the molecule is CCCCN1CCC(c2c(C)nc(C(=O)O)c3ccccc23)CC1. The van der Waals surface area contributed by atoms with E-state index in [9.17, 15) is 9.90 Å². The van der Waals surface area contributed by atoms with Gasteiger partial charge in [-0.1, -0.05) is 37.6 Å². The van der Waals surface area contributed by atoms with E-state index in [4.69, 9.17) is 0 Å². The molecule has 0 bridgehead atoms. The van der Waals surface area contributed by atoms with Crippen LogP contribution in [0.5, 0.6) is 0 Å². The molecule has 0 unspecified atom stereocenters. The molecule has 2 aromatic rings. The van der Waals surface area contributed by atoms with Crippen LogP contribution in [0.2, 0.25) is 0 Å². The quantitative estimate of drug-likeness (QED) is 0.894. The number of carboxylic acids is 1. The van der Waals surface area contributed by atoms with E-state index in [1.54, 1.807) is 0 Å². The molecular formula is C20H26N2O2. The van der Waals surface area contributed by atoms with Gasteiger partial charge in [0.1, 0.15) is 0 Å². The van der Waals surface area contributed by atoms with Gasteiger partial charge in [-0.3, -0.25) is 0 Å². The topological polar surface area (TPSA) is 53.4 Å². The van der Waals surface area contributed by atoms with Crippen molar-refractivity contribution in [1.29, 1.82) is 0 Å². The lowest BCUT2D eigenvalue weighted by Gasteiger charge is -2.33. The Labute approximate surface area is 143 Å². The van der Waals surface area contributed by atoms with E-state index >= 15 is 0 Å². The molecule has 1 aliphatic rings. The van der Waals surface area contributed by atoms with Crippen LogP contribution in [0.25, 0.3) is 10.8 Å². The molecule has 0 radical (unpaired) electrons. The van der Waals surface area contributed by atoms with Gasteiger partial charge >= 0.3 is 5.97 Å². The molecule has 1 N–H and O–H groups in total. The third kappa shape index (κ3) is 3.29. The third-order valence-electron chi connectivity index (χ3n) is 5.17. The van der Waals surface area contributed by atoms with E-state index in [-0.39, 0.29) is 5.69 Å². The van der Waals surface area contributed by atoms with Crippen LogP contribution in [0.3, 0.4) is 0 Å². The number of piperidine rings is 1. The Morgan fingerprint density at radius 1 is 1.25 bits per heavy atom. The summed E-state index contributed by atoms with van der Waals surface area (Å²) >= 11 is 0. The fourth-order valence-corrected chi connectivity index (χ4v) is 3.91. The first-order valence-electron chi connectivity index (χ1n) is 8.96. The van der Waals surface area contributed by atoms with E-state index in [0.717, 1.165) is 42.4 Å². The largest absolute Gasteiger partial charge is 0.476 e. The maximum atomic E-state index is 11.5. The van der Waals surface area contributed by atoms with Crippen LogP contribution in [0.1, 0.15) is 60.3 Å². The molecule has 2 heterocycles. The van der Waals surface area contributed by atoms with Crippen molar-refractivity contribution in [3.63, 3.8) is 0 Å². The second kappa shape index (κ2) is 7.31. The van der Waals surface area contributed by atoms with Crippen molar-refractivity contribution in [2.75, 3.05) is 19.6 Å². The number of rotatable bonds is 5. The summed E-state index contributed by atoms with van der Waals surface area (Å²) in [6.45, 7) is 7.63. The fraction of sp³-hybridized carbons (Fsp3) is 0.500. The van der Waals surface area contributed by atoms with E-state index in [1.165, 1.54) is 24.9 Å². The number of carbonyl (C=O) groups is 1. The molecular weight excluding hydrogens is 300 g/mol. The molecule has 24 heavy (non-hydrogen) atoms. The maximum Gasteiger partial charge on any atom is 0.355 e. The number of pyridine rings is 1. The molecule has 0 saturated carbocycles. The first-order valence-corrected chi connectivity index (χ1v) is 8.96. The molecule has 128 valence electrons. The van der Waals surface area contributed by atoms with Gasteiger partial charge < -0.3 is 10.0 Å². The molecule has 3 rings (SSSR count). The Morgan fingerprint density at radius 2 is 1.92 bits per heavy atom. The highest BCUT2D eigenvalue weighted by Gasteiger charge is 2.25. The lowest BCUT2D eigenvalue weighted by Crippen LogP contribution is -2.34. The summed E-state index contributed by atoms with van der Waals surface area (Å²) in [6, 6.07) is 7.82. The van der Waals surface area contributed by atoms with Gasteiger partial charge in [0.15, 0.2) is 5.69 Å². The molecule has 1 aromatic carbocycles. The van der Waals surface area contributed by atoms with Crippen LogP contribution < -0.4 is 0 Å². The van der Waals surface area contributed by atoms with Crippen molar-refractivity contribution in [2.45, 2.75) is 45.4 Å². The minimum Gasteiger partial charge on any atom is -0.476 e. The molecule has 0 aliphatic carbocycles. The normalized spacial score (nSPS) is 16.6. The van der Waals surface area contributed by atoms with E-state index in [2.05, 4.69) is 22.9 Å². The monoisotopic (exact) mass is 326 g/mol. The van der Waals surface area contributed by atoms with E-state index in [0.29, 0.717) is 5.92 Å². The van der Waals surface area contributed by atoms with Gasteiger partial charge in [0, 0.05) is 11.1 Å². The number of benzene rings is 1. The summed E-state index contributed by atoms with van der Waals surface area (Å²) in [6.07, 6.45) is 4.76. The number of carboxylic acid groups (broad SMARTS) is 1. The number of hydrogen-bond donors (Lipinski definition) is 1. The van der Waals surface area contributed by atoms with E-state index < -0.39 is 5.97 Å². The van der Waals surface area contributed by atoms with Gasteiger partial charge in [0.2, 0.25) is 0 Å². The number of fused-ring (bicyclic) bond motifs is 1. The third-order valence-corrected chi connectivity index (χ3v) is 5.17. The van der Waals surface area contributed by atoms with E-state index in [1.807, 2.05) is 25.1 Å². The summed E-state index contributed by atoms with van der Waals surface area (Å²) in [4.78, 5) is 18.5. The first-order chi connectivity index (χ1) is 11.6. The van der Waals surface area contributed by atoms with Crippen molar-refractivity contribution < 1.29 is 9.90 Å². The van der Waals surface area contributed by atoms with Crippen molar-refractivity contribution in [3.05, 3.63) is 41.2 Å². The number of likely N-dealkylation sites (tertiary alicyclic amines) is 1. The maximum absolute atomic E-state index is 11.5. The molecule has 1 aromatic heterocycles. The smallest absolute Gasteiger partial charge is 0.355 e. The molecule has 4 nitrogen and oxygen atoms in total. The van der Waals surface area contributed by atoms with Crippen LogP contribution in [0, 0.1) is 6.92 Å². The number of unbranched alkanes of at least 4 members (excludes halogenated alkanes) is 1.